The van der Waals surface area contributed by atoms with E-state index in [2.05, 4.69) is 17.1 Å². The first-order valence-corrected chi connectivity index (χ1v) is 6.78. The van der Waals surface area contributed by atoms with Gasteiger partial charge in [-0.3, -0.25) is 4.99 Å². The van der Waals surface area contributed by atoms with Crippen molar-refractivity contribution in [3.05, 3.63) is 23.9 Å². The van der Waals surface area contributed by atoms with Crippen LogP contribution in [0.25, 0.3) is 0 Å². The molecule has 0 amide bonds. The van der Waals surface area contributed by atoms with E-state index in [1.165, 1.54) is 5.57 Å². The van der Waals surface area contributed by atoms with Gasteiger partial charge in [-0.25, -0.2) is 0 Å². The second-order valence-corrected chi connectivity index (χ2v) is 4.80. The monoisotopic (exact) mass is 247 g/mol. The molecule has 0 bridgehead atoms. The number of hydrogen-bond acceptors (Lipinski definition) is 3. The molecule has 0 spiro atoms. The van der Waals surface area contributed by atoms with Crippen LogP contribution in [0.15, 0.2) is 28.9 Å². The lowest BCUT2D eigenvalue weighted by Crippen LogP contribution is -2.34. The fourth-order valence-electron chi connectivity index (χ4n) is 2.49. The second-order valence-electron chi connectivity index (χ2n) is 4.80. The van der Waals surface area contributed by atoms with Crippen molar-refractivity contribution in [2.24, 2.45) is 16.6 Å². The molecular weight excluding hydrogens is 222 g/mol. The van der Waals surface area contributed by atoms with Crippen molar-refractivity contribution < 1.29 is 1.43 Å². The summed E-state index contributed by atoms with van der Waals surface area (Å²) in [5.41, 5.74) is 6.73. The molecular formula is C15H25N3. The Labute approximate surface area is 112 Å². The molecule has 0 radical (unpaired) electrons. The number of rotatable bonds is 2. The maximum absolute atomic E-state index is 8.97. The molecule has 1 fully saturated rings. The van der Waals surface area contributed by atoms with E-state index < -0.39 is 5.54 Å². The second kappa shape index (κ2) is 7.13. The van der Waals surface area contributed by atoms with Crippen LogP contribution in [0.5, 0.6) is 0 Å². The first-order chi connectivity index (χ1) is 8.72. The summed E-state index contributed by atoms with van der Waals surface area (Å²) in [7, 11) is 0. The van der Waals surface area contributed by atoms with Crippen LogP contribution in [-0.2, 0) is 0 Å². The Morgan fingerprint density at radius 3 is 3.06 bits per heavy atom. The molecule has 0 aromatic rings. The fraction of sp³-hybridized carbons (Fsp3) is 0.600. The van der Waals surface area contributed by atoms with Crippen molar-refractivity contribution in [1.82, 2.24) is 0 Å². The number of aliphatic imine (C=N–C) groups is 1. The first kappa shape index (κ1) is 14.7. The zero-order valence-electron chi connectivity index (χ0n) is 11.4. The molecule has 2 aliphatic rings. The van der Waals surface area contributed by atoms with Gasteiger partial charge in [0, 0.05) is 13.8 Å². The molecule has 2 atom stereocenters. The van der Waals surface area contributed by atoms with Crippen LogP contribution < -0.4 is 5.73 Å². The lowest BCUT2D eigenvalue weighted by Gasteiger charge is -2.14. The molecule has 1 aliphatic heterocycles. The van der Waals surface area contributed by atoms with Gasteiger partial charge < -0.3 is 5.73 Å². The van der Waals surface area contributed by atoms with Crippen molar-refractivity contribution in [2.75, 3.05) is 0 Å². The lowest BCUT2D eigenvalue weighted by atomic mass is 9.93. The number of nitriles is 1. The molecule has 2 N–H and O–H groups in total. The molecule has 18 heavy (non-hydrogen) atoms. The van der Waals surface area contributed by atoms with E-state index >= 15 is 0 Å². The van der Waals surface area contributed by atoms with Gasteiger partial charge in [0.25, 0.3) is 0 Å². The van der Waals surface area contributed by atoms with E-state index in [0.717, 1.165) is 32.1 Å². The minimum Gasteiger partial charge on any atom is -0.313 e. The van der Waals surface area contributed by atoms with Crippen molar-refractivity contribution >= 4 is 6.21 Å². The maximum Gasteiger partial charge on any atom is 0.104 e. The van der Waals surface area contributed by atoms with E-state index in [0.29, 0.717) is 5.92 Å². The van der Waals surface area contributed by atoms with Crippen molar-refractivity contribution in [1.29, 1.82) is 5.26 Å². The van der Waals surface area contributed by atoms with Crippen LogP contribution in [0, 0.1) is 17.2 Å². The first-order valence-electron chi connectivity index (χ1n) is 6.78. The molecule has 0 aromatic heterocycles. The van der Waals surface area contributed by atoms with E-state index in [1.54, 1.807) is 0 Å². The van der Waals surface area contributed by atoms with Crippen LogP contribution in [0.1, 0.15) is 47.4 Å². The van der Waals surface area contributed by atoms with E-state index in [-0.39, 0.29) is 1.43 Å². The molecule has 2 unspecified atom stereocenters. The van der Waals surface area contributed by atoms with Crippen LogP contribution in [0.3, 0.4) is 0 Å². The van der Waals surface area contributed by atoms with Crippen LogP contribution in [0.4, 0.5) is 0 Å². The highest BCUT2D eigenvalue weighted by Gasteiger charge is 2.35. The summed E-state index contributed by atoms with van der Waals surface area (Å²) in [6.07, 6.45) is 12.6. The van der Waals surface area contributed by atoms with Crippen LogP contribution in [0.2, 0.25) is 0 Å². The number of allylic oxidation sites excluding steroid dienone is 3. The summed E-state index contributed by atoms with van der Waals surface area (Å²) in [6.45, 7) is 4.00. The lowest BCUT2D eigenvalue weighted by molar-refractivity contribution is 0.492. The molecule has 1 aliphatic carbocycles. The minimum absolute atomic E-state index is 0. The number of nitrogens with zero attached hydrogens (tertiary/aromatic N) is 2. The van der Waals surface area contributed by atoms with Crippen molar-refractivity contribution in [2.45, 2.75) is 51.5 Å². The normalized spacial score (nSPS) is 29.9. The van der Waals surface area contributed by atoms with E-state index in [1.807, 2.05) is 32.3 Å². The van der Waals surface area contributed by atoms with Gasteiger partial charge in [-0.05, 0) is 49.7 Å². The van der Waals surface area contributed by atoms with E-state index in [9.17, 15) is 0 Å². The summed E-state index contributed by atoms with van der Waals surface area (Å²) in [5, 5.41) is 8.97. The Balaban J connectivity index is 0.00000103. The van der Waals surface area contributed by atoms with Gasteiger partial charge in [0.2, 0.25) is 0 Å². The third-order valence-corrected chi connectivity index (χ3v) is 3.37. The fourth-order valence-corrected chi connectivity index (χ4v) is 2.49. The Hall–Kier alpha value is -1.40. The molecule has 3 heteroatoms. The quantitative estimate of drug-likeness (QED) is 0.810. The standard InChI is InChI=1S/C13H17N3.C2H6.H2/c14-10-13(15)5-4-11(8-13)7-12-3-1-2-6-16-9-12;1-2;/h1-2,6,9,11H,3-5,7-8,15H2;1-2H3;1H. The average Bonchev–Trinajstić information content (AvgIpc) is 2.62. The number of nitrogens with two attached hydrogens (primary N) is 1. The van der Waals surface area contributed by atoms with Gasteiger partial charge in [-0.1, -0.05) is 19.9 Å². The van der Waals surface area contributed by atoms with Gasteiger partial charge in [0.05, 0.1) is 6.07 Å². The zero-order valence-corrected chi connectivity index (χ0v) is 11.4. The molecule has 0 saturated heterocycles. The molecule has 1 heterocycles. The minimum atomic E-state index is -0.574. The summed E-state index contributed by atoms with van der Waals surface area (Å²) in [6, 6.07) is 2.23. The van der Waals surface area contributed by atoms with Gasteiger partial charge in [0.15, 0.2) is 0 Å². The number of hydrogen-bond donors (Lipinski definition) is 1. The summed E-state index contributed by atoms with van der Waals surface area (Å²) < 4.78 is 0. The molecule has 3 nitrogen and oxygen atoms in total. The molecule has 0 aromatic carbocycles. The molecule has 2 rings (SSSR count). The topological polar surface area (TPSA) is 62.2 Å². The Bertz CT molecular complexity index is 393. The summed E-state index contributed by atoms with van der Waals surface area (Å²) in [5.74, 6) is 0.553. The highest BCUT2D eigenvalue weighted by atomic mass is 14.8. The predicted octanol–water partition coefficient (Wildman–Crippen LogP) is 3.58. The third kappa shape index (κ3) is 4.12. The van der Waals surface area contributed by atoms with Crippen LogP contribution >= 0.6 is 0 Å². The average molecular weight is 247 g/mol. The smallest absolute Gasteiger partial charge is 0.104 e. The van der Waals surface area contributed by atoms with Crippen molar-refractivity contribution in [3.63, 3.8) is 0 Å². The maximum atomic E-state index is 8.97. The summed E-state index contributed by atoms with van der Waals surface area (Å²) >= 11 is 0. The highest BCUT2D eigenvalue weighted by molar-refractivity contribution is 5.72. The Kier molecular flexibility index (Phi) is 5.80. The van der Waals surface area contributed by atoms with Gasteiger partial charge in [-0.15, -0.1) is 0 Å². The Morgan fingerprint density at radius 2 is 2.39 bits per heavy atom. The van der Waals surface area contributed by atoms with Crippen LogP contribution in [-0.4, -0.2) is 11.8 Å². The third-order valence-electron chi connectivity index (χ3n) is 3.37. The van der Waals surface area contributed by atoms with Gasteiger partial charge in [-0.2, -0.15) is 5.26 Å². The predicted molar refractivity (Wildman–Crippen MR) is 78.3 cm³/mol. The SMILES string of the molecule is CC.N#CC1(N)CCC(CC2=CN=CC=CC2)C1.[HH]. The highest BCUT2D eigenvalue weighted by Crippen LogP contribution is 2.36. The molecule has 1 saturated carbocycles. The van der Waals surface area contributed by atoms with Gasteiger partial charge in [0.1, 0.15) is 5.54 Å². The summed E-state index contributed by atoms with van der Waals surface area (Å²) in [4.78, 5) is 4.18. The Morgan fingerprint density at radius 1 is 1.61 bits per heavy atom. The van der Waals surface area contributed by atoms with E-state index in [4.69, 9.17) is 11.0 Å². The largest absolute Gasteiger partial charge is 0.313 e. The molecule has 100 valence electrons. The zero-order chi connectivity index (χ0) is 13.4. The van der Waals surface area contributed by atoms with Crippen molar-refractivity contribution in [3.8, 4) is 6.07 Å². The van der Waals surface area contributed by atoms with Gasteiger partial charge >= 0.3 is 0 Å².